The Morgan fingerprint density at radius 1 is 1.35 bits per heavy atom. The third-order valence-corrected chi connectivity index (χ3v) is 3.58. The lowest BCUT2D eigenvalue weighted by Crippen LogP contribution is -2.47. The highest BCUT2D eigenvalue weighted by Crippen LogP contribution is 2.17. The van der Waals surface area contributed by atoms with E-state index in [0.29, 0.717) is 5.92 Å². The maximum Gasteiger partial charge on any atom is 0.126 e. The van der Waals surface area contributed by atoms with Crippen molar-refractivity contribution in [3.8, 4) is 0 Å². The summed E-state index contributed by atoms with van der Waals surface area (Å²) in [6, 6.07) is 0. The van der Waals surface area contributed by atoms with Gasteiger partial charge in [-0.05, 0) is 24.1 Å². The molecule has 1 aliphatic heterocycles. The summed E-state index contributed by atoms with van der Waals surface area (Å²) in [7, 11) is 1.86. The van der Waals surface area contributed by atoms with E-state index in [1.165, 1.54) is 5.57 Å². The first kappa shape index (κ1) is 13.8. The van der Waals surface area contributed by atoms with Crippen molar-refractivity contribution < 1.29 is 0 Å². The van der Waals surface area contributed by atoms with Gasteiger partial charge in [0.1, 0.15) is 5.84 Å². The molecule has 1 rings (SSSR count). The Morgan fingerprint density at radius 3 is 2.35 bits per heavy atom. The van der Waals surface area contributed by atoms with Crippen LogP contribution in [0.2, 0.25) is 0 Å². The van der Waals surface area contributed by atoms with E-state index in [0.717, 1.165) is 38.4 Å². The molecule has 0 amide bonds. The predicted octanol–water partition coefficient (Wildman–Crippen LogP) is 2.38. The van der Waals surface area contributed by atoms with Gasteiger partial charge >= 0.3 is 0 Å². The molecule has 0 saturated carbocycles. The summed E-state index contributed by atoms with van der Waals surface area (Å²) in [5, 5.41) is 0. The molecule has 3 heteroatoms. The number of hydrogen-bond acceptors (Lipinski definition) is 2. The number of rotatable bonds is 4. The molecule has 0 N–H and O–H groups in total. The van der Waals surface area contributed by atoms with Gasteiger partial charge in [-0.1, -0.05) is 27.0 Å². The summed E-state index contributed by atoms with van der Waals surface area (Å²) in [4.78, 5) is 9.02. The summed E-state index contributed by atoms with van der Waals surface area (Å²) in [6.45, 7) is 16.5. The van der Waals surface area contributed by atoms with Gasteiger partial charge in [-0.25, -0.2) is 0 Å². The van der Waals surface area contributed by atoms with Gasteiger partial charge in [0.2, 0.25) is 0 Å². The Balaban J connectivity index is 2.64. The number of nitrogens with zero attached hydrogens (tertiary/aromatic N) is 3. The lowest BCUT2D eigenvalue weighted by Gasteiger charge is -2.37. The van der Waals surface area contributed by atoms with Gasteiger partial charge in [0.25, 0.3) is 0 Å². The Kier molecular flexibility index (Phi) is 5.26. The molecule has 96 valence electrons. The number of amidine groups is 1. The van der Waals surface area contributed by atoms with Gasteiger partial charge in [0.05, 0.1) is 0 Å². The smallest absolute Gasteiger partial charge is 0.126 e. The molecule has 0 aromatic heterocycles. The number of piperazine rings is 1. The van der Waals surface area contributed by atoms with E-state index in [-0.39, 0.29) is 0 Å². The minimum absolute atomic E-state index is 0.506. The lowest BCUT2D eigenvalue weighted by molar-refractivity contribution is 0.237. The zero-order valence-corrected chi connectivity index (χ0v) is 11.4. The van der Waals surface area contributed by atoms with E-state index in [1.54, 1.807) is 0 Å². The second-order valence-corrected chi connectivity index (χ2v) is 4.59. The van der Waals surface area contributed by atoms with Gasteiger partial charge < -0.3 is 9.80 Å². The zero-order valence-electron chi connectivity index (χ0n) is 11.4. The predicted molar refractivity (Wildman–Crippen MR) is 75.3 cm³/mol. The Morgan fingerprint density at radius 2 is 1.94 bits per heavy atom. The van der Waals surface area contributed by atoms with Crippen LogP contribution in [0.15, 0.2) is 29.9 Å². The Hall–Kier alpha value is -1.25. The van der Waals surface area contributed by atoms with E-state index >= 15 is 0 Å². The quantitative estimate of drug-likeness (QED) is 0.550. The van der Waals surface area contributed by atoms with Crippen molar-refractivity contribution in [3.63, 3.8) is 0 Å². The normalized spacial score (nSPS) is 19.1. The summed E-state index contributed by atoms with van der Waals surface area (Å²) in [5.74, 6) is 1.59. The van der Waals surface area contributed by atoms with Gasteiger partial charge in [-0.15, -0.1) is 0 Å². The van der Waals surface area contributed by atoms with Crippen LogP contribution in [0.5, 0.6) is 0 Å². The second-order valence-electron chi connectivity index (χ2n) is 4.59. The first-order valence-corrected chi connectivity index (χ1v) is 6.41. The minimum atomic E-state index is 0.506. The maximum atomic E-state index is 4.43. The topological polar surface area (TPSA) is 18.8 Å². The molecule has 0 spiro atoms. The lowest BCUT2D eigenvalue weighted by atomic mass is 9.98. The average Bonchev–Trinajstić information content (AvgIpc) is 2.39. The second kappa shape index (κ2) is 6.48. The van der Waals surface area contributed by atoms with Crippen LogP contribution >= 0.6 is 0 Å². The summed E-state index contributed by atoms with van der Waals surface area (Å²) in [5.41, 5.74) is 1.17. The van der Waals surface area contributed by atoms with Crippen molar-refractivity contribution in [2.45, 2.75) is 20.3 Å². The minimum Gasteiger partial charge on any atom is -0.374 e. The highest BCUT2D eigenvalue weighted by atomic mass is 15.3. The fraction of sp³-hybridized carbons (Fsp3) is 0.643. The molecular formula is C14H25N3. The van der Waals surface area contributed by atoms with Crippen molar-refractivity contribution >= 4 is 5.84 Å². The van der Waals surface area contributed by atoms with Gasteiger partial charge in [0, 0.05) is 33.2 Å². The highest BCUT2D eigenvalue weighted by molar-refractivity contribution is 5.98. The Bertz CT molecular complexity index is 299. The molecule has 1 unspecified atom stereocenters. The molecule has 0 aliphatic carbocycles. The van der Waals surface area contributed by atoms with Crippen LogP contribution in [0.25, 0.3) is 0 Å². The zero-order chi connectivity index (χ0) is 12.8. The molecule has 1 atom stereocenters. The molecular weight excluding hydrogens is 210 g/mol. The van der Waals surface area contributed by atoms with Crippen LogP contribution < -0.4 is 0 Å². The van der Waals surface area contributed by atoms with E-state index in [1.807, 2.05) is 13.2 Å². The first-order valence-electron chi connectivity index (χ1n) is 6.41. The van der Waals surface area contributed by atoms with Crippen LogP contribution in [0, 0.1) is 5.92 Å². The molecule has 0 radical (unpaired) electrons. The summed E-state index contributed by atoms with van der Waals surface area (Å²) < 4.78 is 0. The number of hydrogen-bond donors (Lipinski definition) is 0. The van der Waals surface area contributed by atoms with Crippen molar-refractivity contribution in [2.75, 3.05) is 33.2 Å². The third kappa shape index (κ3) is 3.35. The van der Waals surface area contributed by atoms with Gasteiger partial charge in [-0.3, -0.25) is 4.99 Å². The molecule has 1 heterocycles. The monoisotopic (exact) mass is 235 g/mol. The maximum absolute atomic E-state index is 4.43. The van der Waals surface area contributed by atoms with Crippen molar-refractivity contribution in [3.05, 3.63) is 24.9 Å². The van der Waals surface area contributed by atoms with Crippen LogP contribution in [-0.2, 0) is 0 Å². The molecule has 0 bridgehead atoms. The molecule has 0 aromatic rings. The number of aliphatic imine (C=N–C) groups is 1. The largest absolute Gasteiger partial charge is 0.374 e. The fourth-order valence-corrected chi connectivity index (χ4v) is 2.07. The van der Waals surface area contributed by atoms with E-state index in [9.17, 15) is 0 Å². The van der Waals surface area contributed by atoms with Crippen LogP contribution in [0.1, 0.15) is 20.3 Å². The van der Waals surface area contributed by atoms with E-state index in [2.05, 4.69) is 41.8 Å². The first-order chi connectivity index (χ1) is 8.13. The molecule has 17 heavy (non-hydrogen) atoms. The standard InChI is InChI=1S/C14H25N3/c1-6-12(3)13(4)14(15-5)17-10-8-16(7-2)9-11-17/h7,12H,2,4,6,8-11H2,1,3,5H3. The van der Waals surface area contributed by atoms with Crippen LogP contribution in [0.3, 0.4) is 0 Å². The Labute approximate surface area is 106 Å². The summed E-state index contributed by atoms with van der Waals surface area (Å²) >= 11 is 0. The van der Waals surface area contributed by atoms with Crippen molar-refractivity contribution in [1.82, 2.24) is 9.80 Å². The van der Waals surface area contributed by atoms with Crippen molar-refractivity contribution in [2.24, 2.45) is 10.9 Å². The van der Waals surface area contributed by atoms with Crippen LogP contribution in [0.4, 0.5) is 0 Å². The molecule has 1 fully saturated rings. The third-order valence-electron chi connectivity index (χ3n) is 3.58. The molecule has 3 nitrogen and oxygen atoms in total. The average molecular weight is 235 g/mol. The highest BCUT2D eigenvalue weighted by Gasteiger charge is 2.21. The van der Waals surface area contributed by atoms with Gasteiger partial charge in [0.15, 0.2) is 0 Å². The van der Waals surface area contributed by atoms with Crippen molar-refractivity contribution in [1.29, 1.82) is 0 Å². The molecule has 1 saturated heterocycles. The van der Waals surface area contributed by atoms with Crippen LogP contribution in [-0.4, -0.2) is 48.9 Å². The van der Waals surface area contributed by atoms with E-state index in [4.69, 9.17) is 0 Å². The SMILES string of the molecule is C=CN1CCN(C(=NC)C(=C)C(C)CC)CC1. The van der Waals surface area contributed by atoms with Gasteiger partial charge in [-0.2, -0.15) is 0 Å². The molecule has 1 aliphatic rings. The fourth-order valence-electron chi connectivity index (χ4n) is 2.07. The van der Waals surface area contributed by atoms with E-state index < -0.39 is 0 Å². The summed E-state index contributed by atoms with van der Waals surface area (Å²) in [6.07, 6.45) is 3.04. The molecule has 0 aromatic carbocycles.